The fraction of sp³-hybridized carbons (Fsp3) is 0.316. The molecule has 0 bridgehead atoms. The second-order valence-corrected chi connectivity index (χ2v) is 6.90. The first-order valence-electron chi connectivity index (χ1n) is 7.58. The van der Waals surface area contributed by atoms with Gasteiger partial charge in [-0.15, -0.1) is 0 Å². The molecule has 2 aromatic rings. The molecule has 24 heavy (non-hydrogen) atoms. The average molecular weight is 350 g/mol. The summed E-state index contributed by atoms with van der Waals surface area (Å²) in [5.41, 5.74) is 0.659. The second-order valence-electron chi connectivity index (χ2n) is 6.49. The molecular weight excluding hydrogens is 329 g/mol. The molecule has 3 nitrogen and oxygen atoms in total. The Morgan fingerprint density at radius 1 is 1.29 bits per heavy atom. The Kier molecular flexibility index (Phi) is 5.97. The number of nitrogens with zero attached hydrogens (tertiary/aromatic N) is 1. The Labute approximate surface area is 147 Å². The highest BCUT2D eigenvalue weighted by atomic mass is 35.5. The Hall–Kier alpha value is -1.91. The predicted molar refractivity (Wildman–Crippen MR) is 94.5 cm³/mol. The molecule has 1 aromatic carbocycles. The van der Waals surface area contributed by atoms with Crippen LogP contribution >= 0.6 is 11.6 Å². The van der Waals surface area contributed by atoms with E-state index in [2.05, 4.69) is 4.98 Å². The van der Waals surface area contributed by atoms with E-state index in [1.54, 1.807) is 19.5 Å². The third-order valence-corrected chi connectivity index (χ3v) is 3.69. The van der Waals surface area contributed by atoms with Gasteiger partial charge in [-0.2, -0.15) is 0 Å². The molecule has 1 aromatic heterocycles. The van der Waals surface area contributed by atoms with Gasteiger partial charge in [-0.1, -0.05) is 38.4 Å². The summed E-state index contributed by atoms with van der Waals surface area (Å²) in [6.45, 7) is 6.15. The van der Waals surface area contributed by atoms with Gasteiger partial charge in [0.05, 0.1) is 5.02 Å². The molecule has 1 atom stereocenters. The first-order valence-corrected chi connectivity index (χ1v) is 7.96. The lowest BCUT2D eigenvalue weighted by Gasteiger charge is -2.31. The van der Waals surface area contributed by atoms with E-state index in [9.17, 15) is 4.39 Å². The predicted octanol–water partition coefficient (Wildman–Crippen LogP) is 5.36. The molecule has 128 valence electrons. The monoisotopic (exact) mass is 349 g/mol. The Bertz CT molecular complexity index is 711. The molecule has 2 rings (SSSR count). The molecule has 0 amide bonds. The smallest absolute Gasteiger partial charge is 0.145 e. The molecule has 0 N–H and O–H groups in total. The number of pyridine rings is 1. The molecule has 0 aliphatic carbocycles. The summed E-state index contributed by atoms with van der Waals surface area (Å²) in [5.74, 6) is 0.537. The molecule has 0 aliphatic heterocycles. The zero-order chi connectivity index (χ0) is 17.7. The molecule has 0 radical (unpaired) electrons. The fourth-order valence-corrected chi connectivity index (χ4v) is 2.57. The molecule has 0 saturated carbocycles. The number of methoxy groups -OCH3 is 1. The molecule has 0 spiro atoms. The highest BCUT2D eigenvalue weighted by Gasteiger charge is 2.30. The Balaban J connectivity index is 2.44. The normalized spacial score (nSPS) is 13.7. The van der Waals surface area contributed by atoms with Crippen LogP contribution in [-0.2, 0) is 4.74 Å². The van der Waals surface area contributed by atoms with Gasteiger partial charge >= 0.3 is 0 Å². The molecule has 1 heterocycles. The van der Waals surface area contributed by atoms with E-state index in [0.29, 0.717) is 11.5 Å². The van der Waals surface area contributed by atoms with E-state index in [1.165, 1.54) is 18.2 Å². The van der Waals surface area contributed by atoms with Crippen molar-refractivity contribution in [3.8, 4) is 5.75 Å². The molecule has 0 fully saturated rings. The van der Waals surface area contributed by atoms with Crippen molar-refractivity contribution in [1.29, 1.82) is 0 Å². The summed E-state index contributed by atoms with van der Waals surface area (Å²) in [6.07, 6.45) is 4.96. The number of rotatable bonds is 5. The van der Waals surface area contributed by atoms with Crippen LogP contribution in [0.5, 0.6) is 5.75 Å². The van der Waals surface area contributed by atoms with Crippen LogP contribution < -0.4 is 4.74 Å². The van der Waals surface area contributed by atoms with Crippen molar-refractivity contribution in [3.05, 3.63) is 64.9 Å². The quantitative estimate of drug-likeness (QED) is 0.681. The Morgan fingerprint density at radius 3 is 2.58 bits per heavy atom. The third-order valence-electron chi connectivity index (χ3n) is 3.40. The number of benzene rings is 1. The molecular formula is C19H21ClFNO2. The third kappa shape index (κ3) is 4.79. The van der Waals surface area contributed by atoms with Gasteiger partial charge in [-0.05, 0) is 41.3 Å². The van der Waals surface area contributed by atoms with Gasteiger partial charge in [0.2, 0.25) is 0 Å². The van der Waals surface area contributed by atoms with Crippen molar-refractivity contribution in [2.45, 2.75) is 26.9 Å². The van der Waals surface area contributed by atoms with Crippen LogP contribution in [0.25, 0.3) is 6.08 Å². The van der Waals surface area contributed by atoms with Crippen LogP contribution in [0.2, 0.25) is 5.02 Å². The van der Waals surface area contributed by atoms with E-state index in [0.717, 1.165) is 5.56 Å². The van der Waals surface area contributed by atoms with Crippen molar-refractivity contribution < 1.29 is 13.9 Å². The standard InChI is InChI=1S/C19H21ClFNO2/c1-19(2,3)18(23-4)17(10-13-6-5-9-22-12-13)24-16-8-7-14(21)11-15(16)20/h5-12,18H,1-4H3. The molecule has 5 heteroatoms. The van der Waals surface area contributed by atoms with E-state index in [1.807, 2.05) is 39.0 Å². The zero-order valence-electron chi connectivity index (χ0n) is 14.2. The van der Waals surface area contributed by atoms with E-state index < -0.39 is 5.82 Å². The van der Waals surface area contributed by atoms with Crippen molar-refractivity contribution in [3.63, 3.8) is 0 Å². The largest absolute Gasteiger partial charge is 0.457 e. The highest BCUT2D eigenvalue weighted by molar-refractivity contribution is 6.32. The van der Waals surface area contributed by atoms with E-state index >= 15 is 0 Å². The number of halogens is 2. The van der Waals surface area contributed by atoms with Crippen molar-refractivity contribution in [2.24, 2.45) is 5.41 Å². The van der Waals surface area contributed by atoms with Crippen molar-refractivity contribution in [2.75, 3.05) is 7.11 Å². The summed E-state index contributed by atoms with van der Waals surface area (Å²) >= 11 is 6.09. The number of ether oxygens (including phenoxy) is 2. The van der Waals surface area contributed by atoms with Gasteiger partial charge in [-0.3, -0.25) is 4.98 Å². The maximum Gasteiger partial charge on any atom is 0.145 e. The van der Waals surface area contributed by atoms with Gasteiger partial charge in [0, 0.05) is 19.5 Å². The zero-order valence-corrected chi connectivity index (χ0v) is 15.0. The van der Waals surface area contributed by atoms with Crippen LogP contribution in [0.15, 0.2) is 48.5 Å². The van der Waals surface area contributed by atoms with E-state index in [-0.39, 0.29) is 16.5 Å². The fourth-order valence-electron chi connectivity index (χ4n) is 2.37. The van der Waals surface area contributed by atoms with Gasteiger partial charge in [-0.25, -0.2) is 4.39 Å². The summed E-state index contributed by atoms with van der Waals surface area (Å²) in [7, 11) is 1.63. The van der Waals surface area contributed by atoms with Crippen LogP contribution in [0.1, 0.15) is 26.3 Å². The Morgan fingerprint density at radius 2 is 2.04 bits per heavy atom. The lowest BCUT2D eigenvalue weighted by Crippen LogP contribution is -2.32. The highest BCUT2D eigenvalue weighted by Crippen LogP contribution is 2.33. The van der Waals surface area contributed by atoms with Gasteiger partial charge < -0.3 is 9.47 Å². The topological polar surface area (TPSA) is 31.4 Å². The van der Waals surface area contributed by atoms with Crippen LogP contribution in [0.3, 0.4) is 0 Å². The summed E-state index contributed by atoms with van der Waals surface area (Å²) in [4.78, 5) is 4.10. The van der Waals surface area contributed by atoms with Gasteiger partial charge in [0.1, 0.15) is 23.4 Å². The van der Waals surface area contributed by atoms with Gasteiger partial charge in [0.15, 0.2) is 0 Å². The lowest BCUT2D eigenvalue weighted by molar-refractivity contribution is 0.0207. The number of aromatic nitrogens is 1. The summed E-state index contributed by atoms with van der Waals surface area (Å²) < 4.78 is 24.9. The van der Waals surface area contributed by atoms with Crippen LogP contribution in [0.4, 0.5) is 4.39 Å². The van der Waals surface area contributed by atoms with Crippen LogP contribution in [0, 0.1) is 11.2 Å². The average Bonchev–Trinajstić information content (AvgIpc) is 2.50. The van der Waals surface area contributed by atoms with Crippen molar-refractivity contribution >= 4 is 17.7 Å². The van der Waals surface area contributed by atoms with Crippen LogP contribution in [-0.4, -0.2) is 18.2 Å². The van der Waals surface area contributed by atoms with Gasteiger partial charge in [0.25, 0.3) is 0 Å². The molecule has 0 saturated heterocycles. The second kappa shape index (κ2) is 7.77. The minimum atomic E-state index is -0.413. The van der Waals surface area contributed by atoms with Crippen molar-refractivity contribution in [1.82, 2.24) is 4.98 Å². The number of hydrogen-bond donors (Lipinski definition) is 0. The molecule has 0 aliphatic rings. The first kappa shape index (κ1) is 18.4. The maximum atomic E-state index is 13.3. The first-order chi connectivity index (χ1) is 11.3. The summed E-state index contributed by atoms with van der Waals surface area (Å²) in [6, 6.07) is 7.79. The molecule has 1 unspecified atom stereocenters. The maximum absolute atomic E-state index is 13.3. The SMILES string of the molecule is COC(C(=Cc1cccnc1)Oc1ccc(F)cc1Cl)C(C)(C)C. The van der Waals surface area contributed by atoms with E-state index in [4.69, 9.17) is 21.1 Å². The minimum absolute atomic E-state index is 0.204. The lowest BCUT2D eigenvalue weighted by atomic mass is 9.87. The minimum Gasteiger partial charge on any atom is -0.457 e. The number of hydrogen-bond acceptors (Lipinski definition) is 3. The summed E-state index contributed by atoms with van der Waals surface area (Å²) in [5, 5.41) is 0.204.